The number of ether oxygens (including phenoxy) is 1. The first kappa shape index (κ1) is 31.3. The molecular weight excluding hydrogens is 537 g/mol. The number of rotatable bonds is 9. The number of piperazine rings is 1. The van der Waals surface area contributed by atoms with Gasteiger partial charge in [-0.3, -0.25) is 14.5 Å². The van der Waals surface area contributed by atoms with Gasteiger partial charge in [-0.15, -0.1) is 13.2 Å². The number of nitrogens with zero attached hydrogens (tertiary/aromatic N) is 5. The molecule has 0 unspecified atom stereocenters. The number of carbonyl (C=O) groups excluding carboxylic acids is 1. The fourth-order valence-corrected chi connectivity index (χ4v) is 4.24. The third-order valence-corrected chi connectivity index (χ3v) is 6.67. The van der Waals surface area contributed by atoms with Crippen LogP contribution in [0.4, 0.5) is 18.9 Å². The molecule has 0 aliphatic carbocycles. The van der Waals surface area contributed by atoms with Crippen molar-refractivity contribution in [3.63, 3.8) is 0 Å². The van der Waals surface area contributed by atoms with E-state index in [0.717, 1.165) is 29.9 Å². The number of likely N-dealkylation sites (N-methyl/N-ethyl adjacent to an activating group) is 1. The molecule has 41 heavy (non-hydrogen) atoms. The van der Waals surface area contributed by atoms with E-state index < -0.39 is 12.3 Å². The van der Waals surface area contributed by atoms with Crippen molar-refractivity contribution in [2.24, 2.45) is 18.6 Å². The number of allylic oxidation sites excluding steroid dienone is 3. The monoisotopic (exact) mass is 574 g/mol. The zero-order chi connectivity index (χ0) is 30.5. The summed E-state index contributed by atoms with van der Waals surface area (Å²) >= 11 is 0. The highest BCUT2D eigenvalue weighted by molar-refractivity contribution is 5.96. The third kappa shape index (κ3) is 8.63. The van der Waals surface area contributed by atoms with E-state index in [4.69, 9.17) is 11.6 Å². The Labute approximate surface area is 238 Å². The number of anilines is 1. The van der Waals surface area contributed by atoms with Crippen molar-refractivity contribution in [3.05, 3.63) is 88.9 Å². The van der Waals surface area contributed by atoms with Crippen molar-refractivity contribution in [2.45, 2.75) is 27.1 Å². The van der Waals surface area contributed by atoms with E-state index in [1.54, 1.807) is 35.3 Å². The van der Waals surface area contributed by atoms with Gasteiger partial charge in [-0.25, -0.2) is 5.84 Å². The van der Waals surface area contributed by atoms with Gasteiger partial charge in [0.2, 0.25) is 0 Å². The minimum Gasteiger partial charge on any atom is -0.411 e. The van der Waals surface area contributed by atoms with Crippen molar-refractivity contribution < 1.29 is 22.7 Å². The molecule has 1 amide bonds. The average Bonchev–Trinajstić information content (AvgIpc) is 3.21. The minimum atomic E-state index is -4.81. The number of aromatic nitrogens is 2. The van der Waals surface area contributed by atoms with Gasteiger partial charge in [0, 0.05) is 67.6 Å². The van der Waals surface area contributed by atoms with Gasteiger partial charge in [-0.05, 0) is 57.7 Å². The SMILES string of the molecule is C=C(/C=C(\C=C(/C)OC(F)(F)F)N1CCN(C)CC1)NC(=O)c1ccc(C)c(N(N)/C=C(\N)c2cnn(C)c2C)c1. The second-order valence-electron chi connectivity index (χ2n) is 9.90. The molecule has 0 saturated carbocycles. The van der Waals surface area contributed by atoms with E-state index in [2.05, 4.69) is 26.6 Å². The number of halogens is 3. The van der Waals surface area contributed by atoms with Crippen LogP contribution in [-0.2, 0) is 11.8 Å². The summed E-state index contributed by atoms with van der Waals surface area (Å²) in [5.41, 5.74) is 10.5. The lowest BCUT2D eigenvalue weighted by Gasteiger charge is -2.35. The van der Waals surface area contributed by atoms with E-state index in [1.165, 1.54) is 24.1 Å². The lowest BCUT2D eigenvalue weighted by Crippen LogP contribution is -2.43. The zero-order valence-electron chi connectivity index (χ0n) is 23.9. The fourth-order valence-electron chi connectivity index (χ4n) is 4.24. The highest BCUT2D eigenvalue weighted by Crippen LogP contribution is 2.24. The summed E-state index contributed by atoms with van der Waals surface area (Å²) in [7, 11) is 3.78. The van der Waals surface area contributed by atoms with E-state index in [0.29, 0.717) is 35.7 Å². The molecular formula is C28H37F3N8O2. The predicted octanol–water partition coefficient (Wildman–Crippen LogP) is 3.49. The largest absolute Gasteiger partial charge is 0.572 e. The first-order chi connectivity index (χ1) is 19.1. The molecule has 13 heteroatoms. The maximum atomic E-state index is 13.1. The van der Waals surface area contributed by atoms with Gasteiger partial charge >= 0.3 is 6.36 Å². The van der Waals surface area contributed by atoms with E-state index in [1.807, 2.05) is 32.8 Å². The molecule has 0 spiro atoms. The van der Waals surface area contributed by atoms with Crippen LogP contribution in [0.25, 0.3) is 5.70 Å². The van der Waals surface area contributed by atoms with Crippen LogP contribution in [0.3, 0.4) is 0 Å². The molecule has 3 rings (SSSR count). The molecule has 0 atom stereocenters. The van der Waals surface area contributed by atoms with Crippen LogP contribution < -0.4 is 21.9 Å². The van der Waals surface area contributed by atoms with Crippen molar-refractivity contribution in [1.82, 2.24) is 24.9 Å². The van der Waals surface area contributed by atoms with Crippen molar-refractivity contribution >= 4 is 17.3 Å². The van der Waals surface area contributed by atoms with Crippen molar-refractivity contribution in [3.8, 4) is 0 Å². The number of hydrogen-bond acceptors (Lipinski definition) is 8. The first-order valence-corrected chi connectivity index (χ1v) is 12.8. The number of aryl methyl sites for hydroxylation is 2. The fraction of sp³-hybridized carbons (Fsp3) is 0.357. The molecule has 2 aromatic rings. The summed E-state index contributed by atoms with van der Waals surface area (Å²) in [5, 5.41) is 8.23. The molecule has 1 aromatic heterocycles. The smallest absolute Gasteiger partial charge is 0.411 e. The van der Waals surface area contributed by atoms with Crippen LogP contribution in [0.1, 0.15) is 34.1 Å². The molecule has 0 bridgehead atoms. The molecule has 1 saturated heterocycles. The predicted molar refractivity (Wildman–Crippen MR) is 153 cm³/mol. The number of alkyl halides is 3. The standard InChI is InChI=1S/C28H37F3N8O2/c1-18-7-8-22(15-26(18)39(33)17-25(32)24-16-34-37(6)21(24)4)27(40)35-19(2)13-23(14-20(3)41-28(29,30)31)38-11-9-36(5)10-12-38/h7-8,13-17H,2,9-12,32-33H2,1,3-6H3,(H,35,40)/b20-14+,23-13+,25-17-. The number of benzene rings is 1. The first-order valence-electron chi connectivity index (χ1n) is 12.8. The van der Waals surface area contributed by atoms with Gasteiger partial charge in [-0.1, -0.05) is 12.6 Å². The number of nitrogens with one attached hydrogen (secondary N) is 1. The zero-order valence-corrected chi connectivity index (χ0v) is 23.9. The van der Waals surface area contributed by atoms with Crippen LogP contribution in [0, 0.1) is 13.8 Å². The number of hydrazine groups is 1. The lowest BCUT2D eigenvalue weighted by atomic mass is 10.1. The lowest BCUT2D eigenvalue weighted by molar-refractivity contribution is -0.305. The second kappa shape index (κ2) is 13.0. The molecule has 5 N–H and O–H groups in total. The average molecular weight is 575 g/mol. The van der Waals surface area contributed by atoms with Crippen LogP contribution in [0.2, 0.25) is 0 Å². The summed E-state index contributed by atoms with van der Waals surface area (Å²) in [4.78, 5) is 17.2. The van der Waals surface area contributed by atoms with Gasteiger partial charge in [0.05, 0.1) is 17.6 Å². The molecule has 0 radical (unpaired) electrons. The molecule has 1 aliphatic heterocycles. The Morgan fingerprint density at radius 1 is 1.17 bits per heavy atom. The van der Waals surface area contributed by atoms with Crippen molar-refractivity contribution in [2.75, 3.05) is 38.2 Å². The Kier molecular flexibility index (Phi) is 9.89. The highest BCUT2D eigenvalue weighted by Gasteiger charge is 2.31. The Morgan fingerprint density at radius 2 is 1.83 bits per heavy atom. The van der Waals surface area contributed by atoms with E-state index >= 15 is 0 Å². The Morgan fingerprint density at radius 3 is 2.41 bits per heavy atom. The van der Waals surface area contributed by atoms with Crippen LogP contribution in [0.5, 0.6) is 0 Å². The van der Waals surface area contributed by atoms with E-state index in [-0.39, 0.29) is 11.5 Å². The van der Waals surface area contributed by atoms with Gasteiger partial charge in [-0.2, -0.15) is 5.10 Å². The van der Waals surface area contributed by atoms with Crippen LogP contribution in [-0.4, -0.2) is 65.1 Å². The Balaban J connectivity index is 1.81. The van der Waals surface area contributed by atoms with Gasteiger partial charge in [0.1, 0.15) is 5.76 Å². The number of nitrogens with two attached hydrogens (primary N) is 2. The molecule has 10 nitrogen and oxygen atoms in total. The van der Waals surface area contributed by atoms with Gasteiger partial charge in [0.25, 0.3) is 5.91 Å². The number of carbonyl (C=O) groups is 1. The van der Waals surface area contributed by atoms with E-state index in [9.17, 15) is 18.0 Å². The Hall–Kier alpha value is -4.23. The summed E-state index contributed by atoms with van der Waals surface area (Å²) in [5.74, 6) is 5.49. The highest BCUT2D eigenvalue weighted by atomic mass is 19.4. The maximum absolute atomic E-state index is 13.1. The molecule has 1 fully saturated rings. The van der Waals surface area contributed by atoms with Gasteiger partial charge in [0.15, 0.2) is 0 Å². The van der Waals surface area contributed by atoms with Crippen molar-refractivity contribution in [1.29, 1.82) is 0 Å². The molecule has 1 aliphatic rings. The summed E-state index contributed by atoms with van der Waals surface area (Å²) in [6, 6.07) is 5.00. The Bertz CT molecular complexity index is 1370. The quantitative estimate of drug-likeness (QED) is 0.180. The van der Waals surface area contributed by atoms with Crippen LogP contribution in [0.15, 0.2) is 66.5 Å². The second-order valence-corrected chi connectivity index (χ2v) is 9.90. The normalized spacial score (nSPS) is 15.6. The summed E-state index contributed by atoms with van der Waals surface area (Å²) < 4.78 is 44.0. The number of hydrogen-bond donors (Lipinski definition) is 3. The molecule has 2 heterocycles. The summed E-state index contributed by atoms with van der Waals surface area (Å²) in [6.07, 6.45) is 1.20. The molecule has 222 valence electrons. The number of amides is 1. The topological polar surface area (TPSA) is 118 Å². The summed E-state index contributed by atoms with van der Waals surface area (Å²) in [6.45, 7) is 11.5. The maximum Gasteiger partial charge on any atom is 0.572 e. The third-order valence-electron chi connectivity index (χ3n) is 6.67. The van der Waals surface area contributed by atoms with Gasteiger partial charge < -0.3 is 25.6 Å². The minimum absolute atomic E-state index is 0.197. The van der Waals surface area contributed by atoms with Crippen LogP contribution >= 0.6 is 0 Å². The molecule has 1 aromatic carbocycles.